The molecule has 5 nitrogen and oxygen atoms in total. The standard InChI is InChI=1S/C22H18ClN3O2S/c23-19-11-13-21(14-12-19)29(27,28)24-15-18-16-26(20-9-5-2-6-10-20)25-22(18)17-7-3-1-4-8-17/h1-14,16,24H,15H2. The number of rotatable bonds is 6. The Kier molecular flexibility index (Phi) is 5.49. The Bertz CT molecular complexity index is 1210. The van der Waals surface area contributed by atoms with Crippen LogP contribution in [-0.2, 0) is 16.6 Å². The summed E-state index contributed by atoms with van der Waals surface area (Å²) in [4.78, 5) is 0.165. The van der Waals surface area contributed by atoms with Crippen LogP contribution in [-0.4, -0.2) is 18.2 Å². The Morgan fingerprint density at radius 2 is 1.48 bits per heavy atom. The summed E-state index contributed by atoms with van der Waals surface area (Å²) >= 11 is 5.86. The van der Waals surface area contributed by atoms with Crippen LogP contribution in [0.1, 0.15) is 5.56 Å². The van der Waals surface area contributed by atoms with Gasteiger partial charge in [0.25, 0.3) is 0 Å². The predicted molar refractivity (Wildman–Crippen MR) is 114 cm³/mol. The van der Waals surface area contributed by atoms with Gasteiger partial charge in [0.1, 0.15) is 0 Å². The minimum absolute atomic E-state index is 0.113. The molecule has 4 aromatic rings. The lowest BCUT2D eigenvalue weighted by atomic mass is 10.1. The van der Waals surface area contributed by atoms with Crippen LogP contribution >= 0.6 is 11.6 Å². The van der Waals surface area contributed by atoms with Gasteiger partial charge in [0.05, 0.1) is 16.3 Å². The zero-order valence-corrected chi connectivity index (χ0v) is 16.9. The van der Waals surface area contributed by atoms with E-state index in [1.165, 1.54) is 12.1 Å². The number of para-hydroxylation sites is 1. The lowest BCUT2D eigenvalue weighted by Crippen LogP contribution is -2.23. The average Bonchev–Trinajstić information content (AvgIpc) is 3.18. The van der Waals surface area contributed by atoms with Gasteiger partial charge in [0, 0.05) is 28.9 Å². The molecule has 0 saturated carbocycles. The second-order valence-electron chi connectivity index (χ2n) is 6.43. The van der Waals surface area contributed by atoms with Gasteiger partial charge in [0.15, 0.2) is 0 Å². The number of sulfonamides is 1. The van der Waals surface area contributed by atoms with Crippen molar-refractivity contribution in [1.29, 1.82) is 0 Å². The van der Waals surface area contributed by atoms with Gasteiger partial charge in [-0.05, 0) is 36.4 Å². The lowest BCUT2D eigenvalue weighted by Gasteiger charge is -2.07. The number of hydrogen-bond donors (Lipinski definition) is 1. The van der Waals surface area contributed by atoms with Crippen LogP contribution in [0, 0.1) is 0 Å². The fourth-order valence-electron chi connectivity index (χ4n) is 2.96. The van der Waals surface area contributed by atoms with E-state index in [0.29, 0.717) is 5.02 Å². The number of nitrogens with one attached hydrogen (secondary N) is 1. The van der Waals surface area contributed by atoms with Crippen LogP contribution in [0.15, 0.2) is 96.0 Å². The Balaban J connectivity index is 1.67. The van der Waals surface area contributed by atoms with Gasteiger partial charge in [-0.1, -0.05) is 60.1 Å². The van der Waals surface area contributed by atoms with E-state index in [1.54, 1.807) is 16.8 Å². The molecule has 29 heavy (non-hydrogen) atoms. The molecule has 4 rings (SSSR count). The Labute approximate surface area is 174 Å². The van der Waals surface area contributed by atoms with E-state index >= 15 is 0 Å². The first kappa shape index (κ1) is 19.4. The molecule has 0 bridgehead atoms. The van der Waals surface area contributed by atoms with Crippen LogP contribution < -0.4 is 4.72 Å². The Morgan fingerprint density at radius 1 is 0.862 bits per heavy atom. The first-order valence-corrected chi connectivity index (χ1v) is 10.8. The topological polar surface area (TPSA) is 64.0 Å². The molecule has 0 aliphatic rings. The van der Waals surface area contributed by atoms with Crippen molar-refractivity contribution < 1.29 is 8.42 Å². The van der Waals surface area contributed by atoms with Crippen molar-refractivity contribution >= 4 is 21.6 Å². The monoisotopic (exact) mass is 423 g/mol. The van der Waals surface area contributed by atoms with Gasteiger partial charge in [-0.15, -0.1) is 0 Å². The highest BCUT2D eigenvalue weighted by Crippen LogP contribution is 2.24. The summed E-state index contributed by atoms with van der Waals surface area (Å²) in [6.07, 6.45) is 1.85. The maximum atomic E-state index is 12.7. The molecule has 0 aliphatic carbocycles. The molecule has 0 fully saturated rings. The van der Waals surface area contributed by atoms with Crippen LogP contribution in [0.2, 0.25) is 5.02 Å². The Morgan fingerprint density at radius 3 is 2.14 bits per heavy atom. The first-order valence-electron chi connectivity index (χ1n) is 8.97. The highest BCUT2D eigenvalue weighted by molar-refractivity contribution is 7.89. The molecule has 0 saturated heterocycles. The van der Waals surface area contributed by atoms with Crippen molar-refractivity contribution in [3.05, 3.63) is 102 Å². The largest absolute Gasteiger partial charge is 0.240 e. The molecule has 1 aromatic heterocycles. The van der Waals surface area contributed by atoms with Gasteiger partial charge in [-0.25, -0.2) is 17.8 Å². The minimum Gasteiger partial charge on any atom is -0.240 e. The third-order valence-electron chi connectivity index (χ3n) is 4.43. The summed E-state index contributed by atoms with van der Waals surface area (Å²) in [5.41, 5.74) is 3.32. The minimum atomic E-state index is -3.68. The van der Waals surface area contributed by atoms with Crippen LogP contribution in [0.3, 0.4) is 0 Å². The molecule has 1 N–H and O–H groups in total. The molecular weight excluding hydrogens is 406 g/mol. The lowest BCUT2D eigenvalue weighted by molar-refractivity contribution is 0.581. The molecule has 7 heteroatoms. The Hall–Kier alpha value is -2.93. The molecule has 0 amide bonds. The van der Waals surface area contributed by atoms with Gasteiger partial charge < -0.3 is 0 Å². The third kappa shape index (κ3) is 4.40. The number of halogens is 1. The molecular formula is C22H18ClN3O2S. The van der Waals surface area contributed by atoms with E-state index in [1.807, 2.05) is 66.9 Å². The van der Waals surface area contributed by atoms with Crippen molar-refractivity contribution in [3.8, 4) is 16.9 Å². The highest BCUT2D eigenvalue weighted by atomic mass is 35.5. The molecule has 0 radical (unpaired) electrons. The summed E-state index contributed by atoms with van der Waals surface area (Å²) < 4.78 is 29.7. The normalized spacial score (nSPS) is 11.5. The van der Waals surface area contributed by atoms with Crippen molar-refractivity contribution in [2.45, 2.75) is 11.4 Å². The van der Waals surface area contributed by atoms with Gasteiger partial charge in [0.2, 0.25) is 10.0 Å². The van der Waals surface area contributed by atoms with Gasteiger partial charge >= 0.3 is 0 Å². The third-order valence-corrected chi connectivity index (χ3v) is 6.10. The fraction of sp³-hybridized carbons (Fsp3) is 0.0455. The van der Waals surface area contributed by atoms with E-state index in [-0.39, 0.29) is 11.4 Å². The maximum Gasteiger partial charge on any atom is 0.240 e. The van der Waals surface area contributed by atoms with Crippen molar-refractivity contribution in [2.75, 3.05) is 0 Å². The zero-order chi connectivity index (χ0) is 20.3. The smallest absolute Gasteiger partial charge is 0.240 e. The number of benzene rings is 3. The molecule has 0 unspecified atom stereocenters. The van der Waals surface area contributed by atoms with E-state index < -0.39 is 10.0 Å². The summed E-state index contributed by atoms with van der Waals surface area (Å²) in [6.45, 7) is 0.113. The van der Waals surface area contributed by atoms with E-state index in [0.717, 1.165) is 22.5 Å². The summed E-state index contributed by atoms with van der Waals surface area (Å²) in [5, 5.41) is 5.19. The van der Waals surface area contributed by atoms with Crippen molar-refractivity contribution in [1.82, 2.24) is 14.5 Å². The van der Waals surface area contributed by atoms with E-state index in [9.17, 15) is 8.42 Å². The summed E-state index contributed by atoms with van der Waals surface area (Å²) in [6, 6.07) is 25.5. The maximum absolute atomic E-state index is 12.7. The van der Waals surface area contributed by atoms with Crippen LogP contribution in [0.25, 0.3) is 16.9 Å². The first-order chi connectivity index (χ1) is 14.0. The molecule has 1 heterocycles. The highest BCUT2D eigenvalue weighted by Gasteiger charge is 2.17. The predicted octanol–water partition coefficient (Wildman–Crippen LogP) is 4.67. The summed E-state index contributed by atoms with van der Waals surface area (Å²) in [5.74, 6) is 0. The average molecular weight is 424 g/mol. The van der Waals surface area contributed by atoms with Gasteiger partial charge in [-0.2, -0.15) is 5.10 Å². The molecule has 0 atom stereocenters. The second-order valence-corrected chi connectivity index (χ2v) is 8.63. The second kappa shape index (κ2) is 8.21. The SMILES string of the molecule is O=S(=O)(NCc1cn(-c2ccccc2)nc1-c1ccccc1)c1ccc(Cl)cc1. The van der Waals surface area contributed by atoms with Gasteiger partial charge in [-0.3, -0.25) is 0 Å². The van der Waals surface area contributed by atoms with E-state index in [4.69, 9.17) is 16.7 Å². The number of aromatic nitrogens is 2. The summed E-state index contributed by atoms with van der Waals surface area (Å²) in [7, 11) is -3.68. The quantitative estimate of drug-likeness (QED) is 0.490. The molecule has 3 aromatic carbocycles. The number of nitrogens with zero attached hydrogens (tertiary/aromatic N) is 2. The van der Waals surface area contributed by atoms with Crippen molar-refractivity contribution in [2.24, 2.45) is 0 Å². The number of hydrogen-bond acceptors (Lipinski definition) is 3. The molecule has 0 spiro atoms. The zero-order valence-electron chi connectivity index (χ0n) is 15.4. The molecule has 0 aliphatic heterocycles. The molecule has 146 valence electrons. The van der Waals surface area contributed by atoms with Crippen LogP contribution in [0.4, 0.5) is 0 Å². The van der Waals surface area contributed by atoms with Crippen LogP contribution in [0.5, 0.6) is 0 Å². The fourth-order valence-corrected chi connectivity index (χ4v) is 4.09. The van der Waals surface area contributed by atoms with Crippen molar-refractivity contribution in [3.63, 3.8) is 0 Å². The van der Waals surface area contributed by atoms with E-state index in [2.05, 4.69) is 4.72 Å².